The molecule has 18 heavy (non-hydrogen) atoms. The summed E-state index contributed by atoms with van der Waals surface area (Å²) in [5, 5.41) is 0. The van der Waals surface area contributed by atoms with Crippen LogP contribution in [0.3, 0.4) is 0 Å². The molecular formula is C12H15N5O. The van der Waals surface area contributed by atoms with Crippen molar-refractivity contribution in [1.82, 2.24) is 14.5 Å². The Morgan fingerprint density at radius 1 is 1.33 bits per heavy atom. The minimum atomic E-state index is 0.474. The van der Waals surface area contributed by atoms with Crippen molar-refractivity contribution in [2.24, 2.45) is 0 Å². The van der Waals surface area contributed by atoms with Crippen LogP contribution in [0, 0.1) is 0 Å². The standard InChI is InChI=1S/C12H15N5O/c1-18-12-9(13)2-3-10(15-12)17-7-6-16-5-4-14-11(16)8-17/h2-5H,6-8,13H2,1H3. The number of anilines is 2. The molecule has 6 nitrogen and oxygen atoms in total. The molecule has 94 valence electrons. The zero-order valence-electron chi connectivity index (χ0n) is 10.2. The number of fused-ring (bicyclic) bond motifs is 1. The fourth-order valence-corrected chi connectivity index (χ4v) is 2.15. The van der Waals surface area contributed by atoms with Gasteiger partial charge in [-0.05, 0) is 12.1 Å². The largest absolute Gasteiger partial charge is 0.479 e. The summed E-state index contributed by atoms with van der Waals surface area (Å²) in [5.41, 5.74) is 6.32. The average Bonchev–Trinajstić information content (AvgIpc) is 2.86. The van der Waals surface area contributed by atoms with E-state index in [1.807, 2.05) is 24.5 Å². The summed E-state index contributed by atoms with van der Waals surface area (Å²) in [5.74, 6) is 2.40. The number of ether oxygens (including phenoxy) is 1. The first-order valence-electron chi connectivity index (χ1n) is 5.83. The van der Waals surface area contributed by atoms with Crippen LogP contribution in [-0.4, -0.2) is 28.2 Å². The topological polar surface area (TPSA) is 69.2 Å². The molecule has 0 radical (unpaired) electrons. The Morgan fingerprint density at radius 3 is 3.06 bits per heavy atom. The first-order chi connectivity index (χ1) is 8.78. The maximum absolute atomic E-state index is 5.77. The van der Waals surface area contributed by atoms with E-state index < -0.39 is 0 Å². The van der Waals surface area contributed by atoms with Crippen molar-refractivity contribution in [1.29, 1.82) is 0 Å². The Labute approximate surface area is 105 Å². The minimum Gasteiger partial charge on any atom is -0.479 e. The maximum atomic E-state index is 5.77. The molecule has 0 amide bonds. The van der Waals surface area contributed by atoms with Gasteiger partial charge in [-0.1, -0.05) is 0 Å². The van der Waals surface area contributed by atoms with E-state index in [4.69, 9.17) is 10.5 Å². The van der Waals surface area contributed by atoms with Crippen molar-refractivity contribution in [3.63, 3.8) is 0 Å². The van der Waals surface area contributed by atoms with E-state index in [0.29, 0.717) is 11.6 Å². The molecule has 2 aromatic heterocycles. The summed E-state index contributed by atoms with van der Waals surface area (Å²) in [6.45, 7) is 2.58. The summed E-state index contributed by atoms with van der Waals surface area (Å²) in [6.07, 6.45) is 3.83. The van der Waals surface area contributed by atoms with Gasteiger partial charge in [-0.2, -0.15) is 4.98 Å². The van der Waals surface area contributed by atoms with E-state index in [-0.39, 0.29) is 0 Å². The van der Waals surface area contributed by atoms with Gasteiger partial charge in [0.1, 0.15) is 11.6 Å². The first kappa shape index (κ1) is 10.9. The van der Waals surface area contributed by atoms with Crippen LogP contribution in [0.1, 0.15) is 5.82 Å². The molecule has 0 aromatic carbocycles. The molecule has 3 heterocycles. The summed E-state index contributed by atoms with van der Waals surface area (Å²) in [7, 11) is 1.57. The molecule has 1 aliphatic heterocycles. The molecule has 2 aromatic rings. The van der Waals surface area contributed by atoms with Crippen LogP contribution in [0.5, 0.6) is 5.88 Å². The molecule has 0 saturated heterocycles. The highest BCUT2D eigenvalue weighted by atomic mass is 16.5. The van der Waals surface area contributed by atoms with E-state index >= 15 is 0 Å². The highest BCUT2D eigenvalue weighted by Crippen LogP contribution is 2.24. The Balaban J connectivity index is 1.88. The molecule has 0 saturated carbocycles. The van der Waals surface area contributed by atoms with Gasteiger partial charge in [0.15, 0.2) is 0 Å². The molecule has 6 heteroatoms. The third-order valence-corrected chi connectivity index (χ3v) is 3.14. The molecule has 0 bridgehead atoms. The van der Waals surface area contributed by atoms with Gasteiger partial charge >= 0.3 is 0 Å². The number of nitrogen functional groups attached to an aromatic ring is 1. The van der Waals surface area contributed by atoms with Crippen LogP contribution in [-0.2, 0) is 13.1 Å². The van der Waals surface area contributed by atoms with Crippen molar-refractivity contribution in [2.45, 2.75) is 13.1 Å². The molecule has 1 aliphatic rings. The van der Waals surface area contributed by atoms with Gasteiger partial charge in [-0.3, -0.25) is 0 Å². The van der Waals surface area contributed by atoms with Crippen molar-refractivity contribution in [2.75, 3.05) is 24.3 Å². The molecular weight excluding hydrogens is 230 g/mol. The van der Waals surface area contributed by atoms with Gasteiger partial charge in [0, 0.05) is 25.5 Å². The highest BCUT2D eigenvalue weighted by Gasteiger charge is 2.18. The first-order valence-corrected chi connectivity index (χ1v) is 5.83. The van der Waals surface area contributed by atoms with Gasteiger partial charge < -0.3 is 19.9 Å². The molecule has 2 N–H and O–H groups in total. The lowest BCUT2D eigenvalue weighted by Gasteiger charge is -2.28. The van der Waals surface area contributed by atoms with Gasteiger partial charge in [-0.15, -0.1) is 0 Å². The zero-order chi connectivity index (χ0) is 12.5. The quantitative estimate of drug-likeness (QED) is 0.851. The number of pyridine rings is 1. The number of imidazole rings is 1. The average molecular weight is 245 g/mol. The number of nitrogens with zero attached hydrogens (tertiary/aromatic N) is 4. The third-order valence-electron chi connectivity index (χ3n) is 3.14. The predicted octanol–water partition coefficient (Wildman–Crippen LogP) is 0.889. The lowest BCUT2D eigenvalue weighted by atomic mass is 10.3. The number of hydrogen-bond donors (Lipinski definition) is 1. The fourth-order valence-electron chi connectivity index (χ4n) is 2.15. The summed E-state index contributed by atoms with van der Waals surface area (Å²) < 4.78 is 7.31. The van der Waals surface area contributed by atoms with E-state index in [9.17, 15) is 0 Å². The smallest absolute Gasteiger partial charge is 0.238 e. The number of aromatic nitrogens is 3. The second kappa shape index (κ2) is 4.21. The van der Waals surface area contributed by atoms with Gasteiger partial charge in [0.05, 0.1) is 19.3 Å². The van der Waals surface area contributed by atoms with Crippen LogP contribution in [0.4, 0.5) is 11.5 Å². The molecule has 0 spiro atoms. The Hall–Kier alpha value is -2.24. The van der Waals surface area contributed by atoms with Crippen LogP contribution in [0.2, 0.25) is 0 Å². The molecule has 0 fully saturated rings. The van der Waals surface area contributed by atoms with E-state index in [1.165, 1.54) is 0 Å². The van der Waals surface area contributed by atoms with E-state index in [1.54, 1.807) is 7.11 Å². The lowest BCUT2D eigenvalue weighted by molar-refractivity contribution is 0.399. The molecule has 0 atom stereocenters. The van der Waals surface area contributed by atoms with Crippen molar-refractivity contribution in [3.05, 3.63) is 30.4 Å². The SMILES string of the molecule is COc1nc(N2CCn3ccnc3C2)ccc1N. The van der Waals surface area contributed by atoms with Gasteiger partial charge in [-0.25, -0.2) is 4.98 Å². The second-order valence-corrected chi connectivity index (χ2v) is 4.23. The highest BCUT2D eigenvalue weighted by molar-refractivity contribution is 5.54. The number of hydrogen-bond acceptors (Lipinski definition) is 5. The van der Waals surface area contributed by atoms with E-state index in [2.05, 4.69) is 19.4 Å². The predicted molar refractivity (Wildman–Crippen MR) is 68.5 cm³/mol. The Kier molecular flexibility index (Phi) is 2.55. The van der Waals surface area contributed by atoms with Crippen LogP contribution in [0.25, 0.3) is 0 Å². The zero-order valence-corrected chi connectivity index (χ0v) is 10.2. The van der Waals surface area contributed by atoms with E-state index in [0.717, 1.165) is 31.3 Å². The third kappa shape index (κ3) is 1.75. The number of nitrogens with two attached hydrogens (primary N) is 1. The lowest BCUT2D eigenvalue weighted by Crippen LogP contribution is -2.34. The Bertz CT molecular complexity index is 565. The second-order valence-electron chi connectivity index (χ2n) is 4.23. The van der Waals surface area contributed by atoms with Crippen molar-refractivity contribution < 1.29 is 4.74 Å². The number of rotatable bonds is 2. The van der Waals surface area contributed by atoms with Crippen LogP contribution in [0.15, 0.2) is 24.5 Å². The summed E-state index contributed by atoms with van der Waals surface area (Å²) >= 11 is 0. The van der Waals surface area contributed by atoms with Crippen molar-refractivity contribution in [3.8, 4) is 5.88 Å². The molecule has 0 aliphatic carbocycles. The minimum absolute atomic E-state index is 0.474. The van der Waals surface area contributed by atoms with Crippen molar-refractivity contribution >= 4 is 11.5 Å². The van der Waals surface area contributed by atoms with Crippen LogP contribution < -0.4 is 15.4 Å². The van der Waals surface area contributed by atoms with Gasteiger partial charge in [0.25, 0.3) is 0 Å². The fraction of sp³-hybridized carbons (Fsp3) is 0.333. The summed E-state index contributed by atoms with van der Waals surface area (Å²) in [6, 6.07) is 3.73. The monoisotopic (exact) mass is 245 g/mol. The Morgan fingerprint density at radius 2 is 2.22 bits per heavy atom. The van der Waals surface area contributed by atoms with Gasteiger partial charge in [0.2, 0.25) is 5.88 Å². The maximum Gasteiger partial charge on any atom is 0.238 e. The normalized spacial score (nSPS) is 14.4. The number of methoxy groups -OCH3 is 1. The molecule has 0 unspecified atom stereocenters. The molecule has 3 rings (SSSR count). The summed E-state index contributed by atoms with van der Waals surface area (Å²) in [4.78, 5) is 10.9. The van der Waals surface area contributed by atoms with Crippen LogP contribution >= 0.6 is 0 Å².